The van der Waals surface area contributed by atoms with E-state index in [4.69, 9.17) is 4.74 Å². The summed E-state index contributed by atoms with van der Waals surface area (Å²) in [5.41, 5.74) is 0.305. The zero-order valence-corrected chi connectivity index (χ0v) is 15.5. The van der Waals surface area contributed by atoms with E-state index in [1.165, 1.54) is 32.2 Å². The number of carbonyl (C=O) groups excluding carboxylic acids is 1. The highest BCUT2D eigenvalue weighted by Gasteiger charge is 2.44. The van der Waals surface area contributed by atoms with Crippen LogP contribution in [0.15, 0.2) is 0 Å². The number of carbonyl (C=O) groups is 1. The molecule has 0 unspecified atom stereocenters. The predicted molar refractivity (Wildman–Crippen MR) is 96.1 cm³/mol. The van der Waals surface area contributed by atoms with Crippen LogP contribution in [0.2, 0.25) is 0 Å². The average Bonchev–Trinajstić information content (AvgIpc) is 2.91. The maximum atomic E-state index is 12.5. The molecule has 2 aliphatic carbocycles. The van der Waals surface area contributed by atoms with Gasteiger partial charge in [-0.15, -0.1) is 0 Å². The highest BCUT2D eigenvalue weighted by Crippen LogP contribution is 2.45. The molecule has 1 aliphatic heterocycles. The second-order valence-corrected chi connectivity index (χ2v) is 8.52. The van der Waals surface area contributed by atoms with Gasteiger partial charge in [-0.25, -0.2) is 4.79 Å². The minimum atomic E-state index is 0.0591. The van der Waals surface area contributed by atoms with Crippen molar-refractivity contribution in [1.29, 1.82) is 0 Å². The Kier molecular flexibility index (Phi) is 6.03. The molecule has 2 N–H and O–H groups in total. The topological polar surface area (TPSA) is 53.6 Å². The lowest BCUT2D eigenvalue weighted by molar-refractivity contribution is 0.00615. The van der Waals surface area contributed by atoms with Gasteiger partial charge in [-0.05, 0) is 76.8 Å². The van der Waals surface area contributed by atoms with Crippen LogP contribution in [0.25, 0.3) is 0 Å². The zero-order chi connectivity index (χ0) is 17.0. The second kappa shape index (κ2) is 8.05. The average molecular weight is 338 g/mol. The lowest BCUT2D eigenvalue weighted by atomic mass is 9.75. The molecule has 2 amide bonds. The molecule has 1 saturated heterocycles. The number of rotatable bonds is 4. The van der Waals surface area contributed by atoms with E-state index in [1.54, 1.807) is 0 Å². The number of nitrogens with one attached hydrogen (secondary N) is 2. The highest BCUT2D eigenvalue weighted by atomic mass is 16.5. The molecule has 0 bridgehead atoms. The summed E-state index contributed by atoms with van der Waals surface area (Å²) >= 11 is 0. The number of hydrogen-bond donors (Lipinski definition) is 2. The van der Waals surface area contributed by atoms with Crippen LogP contribution >= 0.6 is 0 Å². The molecule has 5 nitrogen and oxygen atoms in total. The molecule has 1 atom stereocenters. The van der Waals surface area contributed by atoms with Crippen molar-refractivity contribution in [2.45, 2.75) is 69.9 Å². The van der Waals surface area contributed by atoms with Crippen LogP contribution in [0.5, 0.6) is 0 Å². The second-order valence-electron chi connectivity index (χ2n) is 8.52. The van der Waals surface area contributed by atoms with Crippen LogP contribution in [-0.4, -0.2) is 56.9 Å². The lowest BCUT2D eigenvalue weighted by Crippen LogP contribution is -2.52. The number of hydrogen-bond acceptors (Lipinski definition) is 3. The van der Waals surface area contributed by atoms with Crippen molar-refractivity contribution in [2.75, 3.05) is 33.9 Å². The third-order valence-corrected chi connectivity index (χ3v) is 6.51. The fraction of sp³-hybridized carbons (Fsp3) is 0.947. The molecule has 1 heterocycles. The van der Waals surface area contributed by atoms with E-state index in [-0.39, 0.29) is 6.03 Å². The van der Waals surface area contributed by atoms with Gasteiger partial charge in [0, 0.05) is 31.8 Å². The van der Waals surface area contributed by atoms with Crippen LogP contribution < -0.4 is 10.6 Å². The fourth-order valence-electron chi connectivity index (χ4n) is 5.13. The van der Waals surface area contributed by atoms with Crippen LogP contribution in [0, 0.1) is 11.3 Å². The number of nitrogens with zero attached hydrogens (tertiary/aromatic N) is 1. The third kappa shape index (κ3) is 4.42. The van der Waals surface area contributed by atoms with Gasteiger partial charge in [0.2, 0.25) is 0 Å². The Morgan fingerprint density at radius 3 is 2.42 bits per heavy atom. The van der Waals surface area contributed by atoms with Gasteiger partial charge in [-0.1, -0.05) is 6.42 Å². The summed E-state index contributed by atoms with van der Waals surface area (Å²) in [7, 11) is 4.29. The van der Waals surface area contributed by atoms with Crippen LogP contribution in [0.3, 0.4) is 0 Å². The highest BCUT2D eigenvalue weighted by molar-refractivity contribution is 5.74. The van der Waals surface area contributed by atoms with E-state index >= 15 is 0 Å². The third-order valence-electron chi connectivity index (χ3n) is 6.51. The largest absolute Gasteiger partial charge is 0.381 e. The van der Waals surface area contributed by atoms with Crippen molar-refractivity contribution in [2.24, 2.45) is 11.3 Å². The predicted octanol–water partition coefficient (Wildman–Crippen LogP) is 2.76. The minimum Gasteiger partial charge on any atom is -0.381 e. The molecular formula is C19H35N3O2. The maximum absolute atomic E-state index is 12.5. The Balaban J connectivity index is 1.43. The van der Waals surface area contributed by atoms with Crippen molar-refractivity contribution in [3.8, 4) is 0 Å². The number of amides is 2. The Labute approximate surface area is 146 Å². The van der Waals surface area contributed by atoms with Gasteiger partial charge in [0.1, 0.15) is 0 Å². The van der Waals surface area contributed by atoms with E-state index in [0.717, 1.165) is 51.2 Å². The Hall–Kier alpha value is -0.810. The smallest absolute Gasteiger partial charge is 0.315 e. The molecule has 138 valence electrons. The molecule has 0 radical (unpaired) electrons. The summed E-state index contributed by atoms with van der Waals surface area (Å²) in [5.74, 6) is 0.793. The molecule has 3 rings (SSSR count). The Morgan fingerprint density at radius 1 is 1.04 bits per heavy atom. The molecule has 1 spiro atoms. The minimum absolute atomic E-state index is 0.0591. The van der Waals surface area contributed by atoms with E-state index in [2.05, 4.69) is 29.6 Å². The molecule has 0 aromatic rings. The van der Waals surface area contributed by atoms with Crippen LogP contribution in [0.4, 0.5) is 4.79 Å². The quantitative estimate of drug-likeness (QED) is 0.829. The van der Waals surface area contributed by atoms with E-state index in [0.29, 0.717) is 17.5 Å². The Bertz CT molecular complexity index is 413. The first-order valence-corrected chi connectivity index (χ1v) is 9.87. The van der Waals surface area contributed by atoms with Gasteiger partial charge in [0.15, 0.2) is 0 Å². The summed E-state index contributed by atoms with van der Waals surface area (Å²) in [5, 5.41) is 6.56. The first kappa shape index (κ1) is 18.0. The molecule has 24 heavy (non-hydrogen) atoms. The number of urea groups is 1. The standard InChI is InChI=1S/C19H35N3O2/c1-22(2)14-15-5-7-16(8-6-15)20-18(23)21-17-4-3-9-19(17)10-12-24-13-11-19/h15-17H,3-14H2,1-2H3,(H2,20,21,23)/t15?,16?,17-/m0/s1. The lowest BCUT2D eigenvalue weighted by Gasteiger charge is -2.39. The fourth-order valence-corrected chi connectivity index (χ4v) is 5.13. The maximum Gasteiger partial charge on any atom is 0.315 e. The van der Waals surface area contributed by atoms with Crippen LogP contribution in [0.1, 0.15) is 57.8 Å². The number of ether oxygens (including phenoxy) is 1. The van der Waals surface area contributed by atoms with Gasteiger partial charge in [0.25, 0.3) is 0 Å². The molecule has 0 aromatic heterocycles. The van der Waals surface area contributed by atoms with Crippen molar-refractivity contribution in [3.63, 3.8) is 0 Å². The van der Waals surface area contributed by atoms with E-state index in [9.17, 15) is 4.79 Å². The monoisotopic (exact) mass is 337 g/mol. The van der Waals surface area contributed by atoms with Crippen molar-refractivity contribution >= 4 is 6.03 Å². The summed E-state index contributed by atoms with van der Waals surface area (Å²) in [6, 6.07) is 0.755. The summed E-state index contributed by atoms with van der Waals surface area (Å²) in [6.07, 6.45) is 10.5. The van der Waals surface area contributed by atoms with Gasteiger partial charge in [0.05, 0.1) is 0 Å². The Morgan fingerprint density at radius 2 is 1.75 bits per heavy atom. The summed E-state index contributed by atoms with van der Waals surface area (Å²) in [6.45, 7) is 2.89. The first-order valence-electron chi connectivity index (χ1n) is 9.87. The summed E-state index contributed by atoms with van der Waals surface area (Å²) < 4.78 is 5.54. The van der Waals surface area contributed by atoms with Gasteiger partial charge >= 0.3 is 6.03 Å². The van der Waals surface area contributed by atoms with Crippen LogP contribution in [-0.2, 0) is 4.74 Å². The van der Waals surface area contributed by atoms with Crippen molar-refractivity contribution < 1.29 is 9.53 Å². The molecule has 0 aromatic carbocycles. The van der Waals surface area contributed by atoms with Gasteiger partial charge in [-0.3, -0.25) is 0 Å². The SMILES string of the molecule is CN(C)CC1CCC(NC(=O)N[C@H]2CCCC23CCOCC3)CC1. The van der Waals surface area contributed by atoms with Gasteiger partial charge < -0.3 is 20.3 Å². The van der Waals surface area contributed by atoms with E-state index in [1.807, 2.05) is 0 Å². The first-order chi connectivity index (χ1) is 11.6. The molecule has 3 fully saturated rings. The van der Waals surface area contributed by atoms with Crippen molar-refractivity contribution in [3.05, 3.63) is 0 Å². The molecular weight excluding hydrogens is 302 g/mol. The van der Waals surface area contributed by atoms with Crippen molar-refractivity contribution in [1.82, 2.24) is 15.5 Å². The molecule has 3 aliphatic rings. The normalized spacial score (nSPS) is 32.9. The summed E-state index contributed by atoms with van der Waals surface area (Å²) in [4.78, 5) is 14.8. The molecule has 5 heteroatoms. The van der Waals surface area contributed by atoms with Gasteiger partial charge in [-0.2, -0.15) is 0 Å². The van der Waals surface area contributed by atoms with E-state index < -0.39 is 0 Å². The zero-order valence-electron chi connectivity index (χ0n) is 15.5. The molecule has 2 saturated carbocycles.